The SMILES string of the molecule is CCCCN1C=C(PCC)N(CCCC)N1CCCC. The van der Waals surface area contributed by atoms with Crippen LogP contribution in [0.2, 0.25) is 0 Å². The molecule has 0 saturated heterocycles. The van der Waals surface area contributed by atoms with Gasteiger partial charge in [-0.2, -0.15) is 0 Å². The van der Waals surface area contributed by atoms with E-state index in [9.17, 15) is 0 Å². The van der Waals surface area contributed by atoms with Crippen LogP contribution in [0, 0.1) is 0 Å². The quantitative estimate of drug-likeness (QED) is 0.515. The van der Waals surface area contributed by atoms with Gasteiger partial charge in [-0.15, -0.1) is 5.12 Å². The molecule has 1 aliphatic rings. The summed E-state index contributed by atoms with van der Waals surface area (Å²) in [6, 6.07) is 0. The van der Waals surface area contributed by atoms with E-state index in [4.69, 9.17) is 0 Å². The normalized spacial score (nSPS) is 16.7. The lowest BCUT2D eigenvalue weighted by molar-refractivity contribution is -0.112. The summed E-state index contributed by atoms with van der Waals surface area (Å²) in [5.74, 6) is 0. The Kier molecular flexibility index (Phi) is 9.30. The van der Waals surface area contributed by atoms with Gasteiger partial charge in [-0.3, -0.25) is 10.0 Å². The van der Waals surface area contributed by atoms with Crippen molar-refractivity contribution in [3.05, 3.63) is 11.6 Å². The van der Waals surface area contributed by atoms with E-state index in [1.165, 1.54) is 57.8 Å². The highest BCUT2D eigenvalue weighted by molar-refractivity contribution is 7.42. The number of hydrogen-bond donors (Lipinski definition) is 0. The minimum absolute atomic E-state index is 0.946. The Labute approximate surface area is 128 Å². The number of nitrogens with zero attached hydrogens (tertiary/aromatic N) is 3. The van der Waals surface area contributed by atoms with Crippen LogP contribution >= 0.6 is 8.58 Å². The molecule has 1 heterocycles. The molecule has 4 heteroatoms. The van der Waals surface area contributed by atoms with Crippen LogP contribution in [0.5, 0.6) is 0 Å². The first-order valence-electron chi connectivity index (χ1n) is 8.55. The van der Waals surface area contributed by atoms with Gasteiger partial charge in [0.1, 0.15) is 0 Å². The van der Waals surface area contributed by atoms with E-state index >= 15 is 0 Å². The molecule has 0 N–H and O–H groups in total. The second-order valence-electron chi connectivity index (χ2n) is 5.49. The van der Waals surface area contributed by atoms with Crippen molar-refractivity contribution in [1.29, 1.82) is 0 Å². The van der Waals surface area contributed by atoms with Gasteiger partial charge in [0.15, 0.2) is 0 Å². The Morgan fingerprint density at radius 2 is 1.45 bits per heavy atom. The molecule has 0 radical (unpaired) electrons. The Bertz CT molecular complexity index is 281. The molecule has 0 amide bonds. The maximum Gasteiger partial charge on any atom is 0.0683 e. The lowest BCUT2D eigenvalue weighted by Gasteiger charge is -2.37. The first-order valence-corrected chi connectivity index (χ1v) is 9.76. The van der Waals surface area contributed by atoms with Crippen molar-refractivity contribution < 1.29 is 0 Å². The molecule has 0 spiro atoms. The standard InChI is InChI=1S/C16H34N3P/c1-5-9-12-17-15-16(20-8-4)18(13-10-6-2)19(17)14-11-7-3/h15,20H,5-14H2,1-4H3. The zero-order valence-corrected chi connectivity index (χ0v) is 15.0. The smallest absolute Gasteiger partial charge is 0.0683 e. The van der Waals surface area contributed by atoms with Gasteiger partial charge >= 0.3 is 0 Å². The molecule has 1 atom stereocenters. The first kappa shape index (κ1) is 17.8. The molecule has 0 bridgehead atoms. The average Bonchev–Trinajstić information content (AvgIpc) is 2.78. The lowest BCUT2D eigenvalue weighted by Crippen LogP contribution is -2.46. The first-order chi connectivity index (χ1) is 9.78. The van der Waals surface area contributed by atoms with E-state index in [1.54, 1.807) is 5.44 Å². The second-order valence-corrected chi connectivity index (χ2v) is 7.06. The molecule has 0 saturated carbocycles. The van der Waals surface area contributed by atoms with Gasteiger partial charge in [0.25, 0.3) is 0 Å². The highest BCUT2D eigenvalue weighted by Crippen LogP contribution is 2.34. The van der Waals surface area contributed by atoms with Crippen LogP contribution in [0.15, 0.2) is 11.6 Å². The molecule has 0 aromatic carbocycles. The summed E-state index contributed by atoms with van der Waals surface area (Å²) < 4.78 is 0. The number of rotatable bonds is 11. The predicted molar refractivity (Wildman–Crippen MR) is 91.8 cm³/mol. The van der Waals surface area contributed by atoms with Crippen LogP contribution in [0.1, 0.15) is 66.2 Å². The molecule has 3 nitrogen and oxygen atoms in total. The summed E-state index contributed by atoms with van der Waals surface area (Å²) in [5, 5.41) is 7.57. The molecule has 1 aliphatic heterocycles. The monoisotopic (exact) mass is 299 g/mol. The molecule has 0 aromatic rings. The van der Waals surface area contributed by atoms with Gasteiger partial charge in [-0.1, -0.05) is 55.5 Å². The fourth-order valence-electron chi connectivity index (χ4n) is 2.45. The van der Waals surface area contributed by atoms with Gasteiger partial charge in [0.05, 0.1) is 5.44 Å². The third-order valence-corrected chi connectivity index (χ3v) is 4.76. The van der Waals surface area contributed by atoms with E-state index in [0.717, 1.165) is 15.1 Å². The molecule has 1 unspecified atom stereocenters. The Morgan fingerprint density at radius 1 is 0.850 bits per heavy atom. The van der Waals surface area contributed by atoms with Gasteiger partial charge in [-0.05, 0) is 25.4 Å². The van der Waals surface area contributed by atoms with Crippen LogP contribution in [-0.2, 0) is 0 Å². The van der Waals surface area contributed by atoms with E-state index < -0.39 is 0 Å². The van der Waals surface area contributed by atoms with E-state index in [1.807, 2.05) is 0 Å². The van der Waals surface area contributed by atoms with E-state index in [-0.39, 0.29) is 0 Å². The van der Waals surface area contributed by atoms with Gasteiger partial charge in [0.2, 0.25) is 0 Å². The summed E-state index contributed by atoms with van der Waals surface area (Å²) in [7, 11) is 0.946. The Balaban J connectivity index is 2.73. The molecule has 0 aliphatic carbocycles. The maximum absolute atomic E-state index is 2.57. The zero-order chi connectivity index (χ0) is 14.8. The lowest BCUT2D eigenvalue weighted by atomic mass is 10.3. The number of hydrogen-bond acceptors (Lipinski definition) is 3. The second kappa shape index (κ2) is 10.5. The fraction of sp³-hybridized carbons (Fsp3) is 0.875. The van der Waals surface area contributed by atoms with Crippen molar-refractivity contribution in [2.75, 3.05) is 25.8 Å². The minimum atomic E-state index is 0.946. The van der Waals surface area contributed by atoms with Crippen LogP contribution in [-0.4, -0.2) is 40.9 Å². The highest BCUT2D eigenvalue weighted by Gasteiger charge is 2.28. The van der Waals surface area contributed by atoms with E-state index in [2.05, 4.69) is 49.0 Å². The molecular formula is C16H34N3P. The summed E-state index contributed by atoms with van der Waals surface area (Å²) in [6.45, 7) is 12.7. The molecule has 0 aromatic heterocycles. The molecular weight excluding hydrogens is 265 g/mol. The number of hydrazine groups is 2. The van der Waals surface area contributed by atoms with Crippen LogP contribution in [0.4, 0.5) is 0 Å². The van der Waals surface area contributed by atoms with Crippen molar-refractivity contribution in [2.45, 2.75) is 66.2 Å². The predicted octanol–water partition coefficient (Wildman–Crippen LogP) is 4.63. The van der Waals surface area contributed by atoms with Gasteiger partial charge in [-0.25, -0.2) is 0 Å². The summed E-state index contributed by atoms with van der Waals surface area (Å²) in [5.41, 5.74) is 1.55. The Hall–Kier alpha value is -0.270. The van der Waals surface area contributed by atoms with Crippen molar-refractivity contribution in [3.8, 4) is 0 Å². The third kappa shape index (κ3) is 5.26. The average molecular weight is 299 g/mol. The van der Waals surface area contributed by atoms with Gasteiger partial charge in [0, 0.05) is 25.8 Å². The van der Waals surface area contributed by atoms with Crippen LogP contribution < -0.4 is 0 Å². The topological polar surface area (TPSA) is 9.72 Å². The van der Waals surface area contributed by atoms with E-state index in [0.29, 0.717) is 0 Å². The largest absolute Gasteiger partial charge is 0.293 e. The van der Waals surface area contributed by atoms with Gasteiger partial charge < -0.3 is 0 Å². The highest BCUT2D eigenvalue weighted by atomic mass is 31.1. The molecule has 0 fully saturated rings. The molecule has 20 heavy (non-hydrogen) atoms. The van der Waals surface area contributed by atoms with Crippen LogP contribution in [0.25, 0.3) is 0 Å². The van der Waals surface area contributed by atoms with Crippen molar-refractivity contribution in [2.24, 2.45) is 0 Å². The summed E-state index contributed by atoms with van der Waals surface area (Å²) in [4.78, 5) is 0. The minimum Gasteiger partial charge on any atom is -0.293 e. The molecule has 1 rings (SSSR count). The maximum atomic E-state index is 2.57. The van der Waals surface area contributed by atoms with Crippen molar-refractivity contribution in [1.82, 2.24) is 15.1 Å². The fourth-order valence-corrected chi connectivity index (χ4v) is 3.46. The van der Waals surface area contributed by atoms with Crippen LogP contribution in [0.3, 0.4) is 0 Å². The van der Waals surface area contributed by atoms with Crippen molar-refractivity contribution in [3.63, 3.8) is 0 Å². The third-order valence-electron chi connectivity index (χ3n) is 3.66. The number of unbranched alkanes of at least 4 members (excludes halogenated alkanes) is 3. The van der Waals surface area contributed by atoms with Crippen molar-refractivity contribution >= 4 is 8.58 Å². The Morgan fingerprint density at radius 3 is 2.05 bits per heavy atom. The summed E-state index contributed by atoms with van der Waals surface area (Å²) >= 11 is 0. The molecule has 118 valence electrons. The zero-order valence-electron chi connectivity index (χ0n) is 14.0. The summed E-state index contributed by atoms with van der Waals surface area (Å²) in [6.07, 6.45) is 11.3.